The van der Waals surface area contributed by atoms with Crippen molar-refractivity contribution in [3.8, 4) is 0 Å². The molecule has 24 heavy (non-hydrogen) atoms. The summed E-state index contributed by atoms with van der Waals surface area (Å²) in [5, 5.41) is 0. The monoisotopic (exact) mass is 345 g/mol. The highest BCUT2D eigenvalue weighted by molar-refractivity contribution is 7.12. The second-order valence-electron chi connectivity index (χ2n) is 6.21. The third-order valence-electron chi connectivity index (χ3n) is 4.20. The van der Waals surface area contributed by atoms with Crippen LogP contribution in [0.4, 0.5) is 0 Å². The van der Waals surface area contributed by atoms with Gasteiger partial charge in [0.25, 0.3) is 0 Å². The maximum atomic E-state index is 12.5. The van der Waals surface area contributed by atoms with E-state index in [4.69, 9.17) is 4.74 Å². The second kappa shape index (κ2) is 7.85. The highest BCUT2D eigenvalue weighted by Gasteiger charge is 2.24. The van der Waals surface area contributed by atoms with Gasteiger partial charge in [-0.05, 0) is 44.9 Å². The number of hydrogen-bond donors (Lipinski definition) is 0. The van der Waals surface area contributed by atoms with Crippen molar-refractivity contribution in [1.29, 1.82) is 0 Å². The van der Waals surface area contributed by atoms with Crippen LogP contribution in [-0.2, 0) is 22.4 Å². The van der Waals surface area contributed by atoms with Crippen LogP contribution in [0, 0.1) is 13.8 Å². The fourth-order valence-electron chi connectivity index (χ4n) is 2.92. The smallest absolute Gasteiger partial charge is 0.227 e. The summed E-state index contributed by atoms with van der Waals surface area (Å²) in [7, 11) is 0. The fourth-order valence-corrected chi connectivity index (χ4v) is 3.80. The van der Waals surface area contributed by atoms with Gasteiger partial charge in [0.15, 0.2) is 0 Å². The maximum Gasteiger partial charge on any atom is 0.227 e. The first-order chi connectivity index (χ1) is 11.6. The van der Waals surface area contributed by atoms with Crippen molar-refractivity contribution in [1.82, 2.24) is 14.9 Å². The number of carbonyl (C=O) groups is 1. The average Bonchev–Trinajstić information content (AvgIpc) is 2.98. The van der Waals surface area contributed by atoms with Crippen molar-refractivity contribution < 1.29 is 9.53 Å². The topological polar surface area (TPSA) is 55.3 Å². The van der Waals surface area contributed by atoms with Crippen molar-refractivity contribution in [3.63, 3.8) is 0 Å². The Morgan fingerprint density at radius 2 is 2.25 bits per heavy atom. The molecular weight excluding hydrogens is 322 g/mol. The predicted octanol–water partition coefficient (Wildman–Crippen LogP) is 2.56. The van der Waals surface area contributed by atoms with Crippen LogP contribution in [0.2, 0.25) is 0 Å². The zero-order chi connectivity index (χ0) is 16.9. The summed E-state index contributed by atoms with van der Waals surface area (Å²) in [5.74, 6) is 0.197. The van der Waals surface area contributed by atoms with Crippen molar-refractivity contribution in [3.05, 3.63) is 45.7 Å². The normalized spacial score (nSPS) is 17.9. The standard InChI is InChI=1S/C18H23N3O2S/c1-13-9-15(20-12-19-13)4-5-16-11-21(7-8-23-16)18(22)10-17-6-3-14(2)24-17/h3,6,9,12,16H,4-5,7-8,10-11H2,1-2H3/t16-/m1/s1. The minimum atomic E-state index is 0.0862. The van der Waals surface area contributed by atoms with Crippen LogP contribution in [0.1, 0.15) is 27.6 Å². The largest absolute Gasteiger partial charge is 0.375 e. The highest BCUT2D eigenvalue weighted by Crippen LogP contribution is 2.18. The first-order valence-corrected chi connectivity index (χ1v) is 9.14. The summed E-state index contributed by atoms with van der Waals surface area (Å²) in [6.07, 6.45) is 3.91. The van der Waals surface area contributed by atoms with E-state index in [0.29, 0.717) is 26.1 Å². The number of nitrogens with zero attached hydrogens (tertiary/aromatic N) is 3. The van der Waals surface area contributed by atoms with Crippen LogP contribution in [0.25, 0.3) is 0 Å². The number of aromatic nitrogens is 2. The molecule has 1 saturated heterocycles. The van der Waals surface area contributed by atoms with Crippen molar-refractivity contribution in [2.75, 3.05) is 19.7 Å². The van der Waals surface area contributed by atoms with Gasteiger partial charge in [0.2, 0.25) is 5.91 Å². The number of hydrogen-bond acceptors (Lipinski definition) is 5. The van der Waals surface area contributed by atoms with Gasteiger partial charge >= 0.3 is 0 Å². The van der Waals surface area contributed by atoms with Crippen molar-refractivity contribution in [2.24, 2.45) is 0 Å². The lowest BCUT2D eigenvalue weighted by Crippen LogP contribution is -2.46. The van der Waals surface area contributed by atoms with Gasteiger partial charge in [0, 0.05) is 34.2 Å². The van der Waals surface area contributed by atoms with Crippen LogP contribution in [0.3, 0.4) is 0 Å². The van der Waals surface area contributed by atoms with Gasteiger partial charge in [0.05, 0.1) is 19.1 Å². The van der Waals surface area contributed by atoms with Gasteiger partial charge in [-0.2, -0.15) is 0 Å². The van der Waals surface area contributed by atoms with E-state index in [1.54, 1.807) is 17.7 Å². The first kappa shape index (κ1) is 17.0. The molecule has 1 aliphatic heterocycles. The third-order valence-corrected chi connectivity index (χ3v) is 5.20. The van der Waals surface area contributed by atoms with Crippen LogP contribution >= 0.6 is 11.3 Å². The first-order valence-electron chi connectivity index (χ1n) is 8.32. The molecule has 0 saturated carbocycles. The summed E-state index contributed by atoms with van der Waals surface area (Å²) in [6.45, 7) is 6.01. The van der Waals surface area contributed by atoms with Gasteiger partial charge in [-0.3, -0.25) is 4.79 Å². The number of amides is 1. The SMILES string of the molecule is Cc1cc(CC[C@@H]2CN(C(=O)Cc3ccc(C)s3)CCO2)ncn1. The molecule has 0 radical (unpaired) electrons. The minimum Gasteiger partial charge on any atom is -0.375 e. The fraction of sp³-hybridized carbons (Fsp3) is 0.500. The lowest BCUT2D eigenvalue weighted by atomic mass is 10.1. The van der Waals surface area contributed by atoms with Crippen LogP contribution < -0.4 is 0 Å². The molecule has 3 rings (SSSR count). The van der Waals surface area contributed by atoms with Crippen molar-refractivity contribution >= 4 is 17.2 Å². The van der Waals surface area contributed by atoms with E-state index >= 15 is 0 Å². The second-order valence-corrected chi connectivity index (χ2v) is 7.58. The van der Waals surface area contributed by atoms with Gasteiger partial charge < -0.3 is 9.64 Å². The predicted molar refractivity (Wildman–Crippen MR) is 94.2 cm³/mol. The van der Waals surface area contributed by atoms with Crippen LogP contribution in [0.15, 0.2) is 24.5 Å². The van der Waals surface area contributed by atoms with Gasteiger partial charge in [-0.1, -0.05) is 0 Å². The molecule has 1 amide bonds. The third kappa shape index (κ3) is 4.61. The van der Waals surface area contributed by atoms with E-state index in [9.17, 15) is 4.79 Å². The molecule has 0 bridgehead atoms. The van der Waals surface area contributed by atoms with E-state index in [1.807, 2.05) is 24.0 Å². The van der Waals surface area contributed by atoms with E-state index < -0.39 is 0 Å². The van der Waals surface area contributed by atoms with Gasteiger partial charge in [-0.25, -0.2) is 9.97 Å². The zero-order valence-corrected chi connectivity index (χ0v) is 15.0. The maximum absolute atomic E-state index is 12.5. The molecule has 3 heterocycles. The van der Waals surface area contributed by atoms with E-state index in [1.165, 1.54) is 4.88 Å². The molecule has 0 N–H and O–H groups in total. The molecule has 0 aliphatic carbocycles. The van der Waals surface area contributed by atoms with Gasteiger partial charge in [-0.15, -0.1) is 11.3 Å². The van der Waals surface area contributed by atoms with E-state index in [0.717, 1.165) is 29.1 Å². The lowest BCUT2D eigenvalue weighted by molar-refractivity contribution is -0.138. The lowest BCUT2D eigenvalue weighted by Gasteiger charge is -2.33. The molecule has 2 aromatic rings. The Morgan fingerprint density at radius 1 is 1.38 bits per heavy atom. The number of carbonyl (C=O) groups excluding carboxylic acids is 1. The molecule has 1 atom stereocenters. The van der Waals surface area contributed by atoms with Crippen LogP contribution in [0.5, 0.6) is 0 Å². The molecule has 0 aromatic carbocycles. The Bertz CT molecular complexity index is 701. The quantitative estimate of drug-likeness (QED) is 0.836. The number of morpholine rings is 1. The molecule has 1 fully saturated rings. The summed E-state index contributed by atoms with van der Waals surface area (Å²) in [5.41, 5.74) is 2.01. The number of aryl methyl sites for hydroxylation is 3. The molecular formula is C18H23N3O2S. The Kier molecular flexibility index (Phi) is 5.58. The summed E-state index contributed by atoms with van der Waals surface area (Å²) in [6, 6.07) is 6.12. The Labute approximate surface area is 146 Å². The molecule has 5 nitrogen and oxygen atoms in total. The summed E-state index contributed by atoms with van der Waals surface area (Å²) < 4.78 is 5.83. The average molecular weight is 345 g/mol. The van der Waals surface area contributed by atoms with Crippen LogP contribution in [-0.4, -0.2) is 46.6 Å². The Hall–Kier alpha value is -1.79. The molecule has 128 valence electrons. The molecule has 0 unspecified atom stereocenters. The number of ether oxygens (including phenoxy) is 1. The van der Waals surface area contributed by atoms with Crippen molar-refractivity contribution in [2.45, 2.75) is 39.2 Å². The number of rotatable bonds is 5. The molecule has 6 heteroatoms. The summed E-state index contributed by atoms with van der Waals surface area (Å²) in [4.78, 5) is 25.2. The molecule has 2 aromatic heterocycles. The van der Waals surface area contributed by atoms with E-state index in [2.05, 4.69) is 23.0 Å². The Morgan fingerprint density at radius 3 is 3.00 bits per heavy atom. The van der Waals surface area contributed by atoms with Gasteiger partial charge in [0.1, 0.15) is 6.33 Å². The summed E-state index contributed by atoms with van der Waals surface area (Å²) >= 11 is 1.70. The highest BCUT2D eigenvalue weighted by atomic mass is 32.1. The molecule has 1 aliphatic rings. The molecule has 0 spiro atoms. The van der Waals surface area contributed by atoms with E-state index in [-0.39, 0.29) is 12.0 Å². The minimum absolute atomic E-state index is 0.0862. The number of thiophene rings is 1. The zero-order valence-electron chi connectivity index (χ0n) is 14.2. The Balaban J connectivity index is 1.51.